The highest BCUT2D eigenvalue weighted by atomic mass is 35.5. The van der Waals surface area contributed by atoms with Gasteiger partial charge in [0.15, 0.2) is 5.78 Å². The summed E-state index contributed by atoms with van der Waals surface area (Å²) in [5.41, 5.74) is 1.98. The predicted octanol–water partition coefficient (Wildman–Crippen LogP) is 3.50. The van der Waals surface area contributed by atoms with Crippen molar-refractivity contribution in [2.75, 3.05) is 0 Å². The molecule has 0 bridgehead atoms. The summed E-state index contributed by atoms with van der Waals surface area (Å²) in [7, 11) is -1.74. The molecule has 3 rings (SSSR count). The lowest BCUT2D eigenvalue weighted by Crippen LogP contribution is -2.49. The molecule has 2 atom stereocenters. The van der Waals surface area contributed by atoms with E-state index in [2.05, 4.69) is 5.32 Å². The highest BCUT2D eigenvalue weighted by Crippen LogP contribution is 2.25. The molecule has 0 spiro atoms. The van der Waals surface area contributed by atoms with E-state index >= 15 is 0 Å². The molecule has 5 nitrogen and oxygen atoms in total. The number of nitrogens with one attached hydrogen (secondary N) is 1. The summed E-state index contributed by atoms with van der Waals surface area (Å²) >= 11 is 7.59. The Morgan fingerprint density at radius 1 is 1.07 bits per heavy atom. The molecule has 154 valence electrons. The topological polar surface area (TPSA) is 86.6 Å². The van der Waals surface area contributed by atoms with Crippen LogP contribution in [0.4, 0.5) is 0 Å². The lowest BCUT2D eigenvalue weighted by molar-refractivity contribution is -0.123. The van der Waals surface area contributed by atoms with Crippen LogP contribution in [0.2, 0.25) is 5.02 Å². The number of thiophene rings is 1. The van der Waals surface area contributed by atoms with Crippen LogP contribution in [-0.4, -0.2) is 34.8 Å². The number of ketones is 1. The summed E-state index contributed by atoms with van der Waals surface area (Å²) in [4.78, 5) is 25.9. The van der Waals surface area contributed by atoms with Crippen molar-refractivity contribution in [3.63, 3.8) is 0 Å². The summed E-state index contributed by atoms with van der Waals surface area (Å²) < 4.78 is 0. The summed E-state index contributed by atoms with van der Waals surface area (Å²) in [6, 6.07) is 17.4. The standard InChI is InChI=1S/C22H21BClNO4S/c24-18-8-4-7-17(12-18)19(13-20(26)16-5-2-1-3-6-16)22(27)25-21(23(28)29)11-15-9-10-30-14-15/h1-10,12,14,19,21,28-29H,11,13H2,(H,25,27)/t19-,21?/m0/s1. The second-order valence-corrected chi connectivity index (χ2v) is 8.18. The lowest BCUT2D eigenvalue weighted by atomic mass is 9.75. The minimum absolute atomic E-state index is 0.0666. The van der Waals surface area contributed by atoms with Gasteiger partial charge in [0.25, 0.3) is 0 Å². The first-order chi connectivity index (χ1) is 14.4. The van der Waals surface area contributed by atoms with E-state index in [-0.39, 0.29) is 18.6 Å². The Kier molecular flexibility index (Phi) is 7.82. The van der Waals surface area contributed by atoms with Crippen LogP contribution in [0.3, 0.4) is 0 Å². The molecule has 2 aromatic carbocycles. The first kappa shape index (κ1) is 22.2. The fourth-order valence-corrected chi connectivity index (χ4v) is 4.07. The highest BCUT2D eigenvalue weighted by molar-refractivity contribution is 7.07. The van der Waals surface area contributed by atoms with Gasteiger partial charge in [0.2, 0.25) is 5.91 Å². The van der Waals surface area contributed by atoms with Crippen LogP contribution in [0, 0.1) is 0 Å². The van der Waals surface area contributed by atoms with Gasteiger partial charge in [0.05, 0.1) is 11.9 Å². The van der Waals surface area contributed by atoms with Gasteiger partial charge in [-0.1, -0.05) is 54.1 Å². The van der Waals surface area contributed by atoms with Crippen molar-refractivity contribution in [2.45, 2.75) is 24.7 Å². The molecule has 0 saturated carbocycles. The van der Waals surface area contributed by atoms with E-state index in [1.54, 1.807) is 48.5 Å². The summed E-state index contributed by atoms with van der Waals surface area (Å²) in [5.74, 6) is -2.37. The van der Waals surface area contributed by atoms with Gasteiger partial charge in [-0.3, -0.25) is 9.59 Å². The van der Waals surface area contributed by atoms with Crippen molar-refractivity contribution >= 4 is 41.7 Å². The van der Waals surface area contributed by atoms with Crippen molar-refractivity contribution in [3.8, 4) is 0 Å². The molecule has 3 N–H and O–H groups in total. The molecule has 3 aromatic rings. The van der Waals surface area contributed by atoms with Crippen molar-refractivity contribution in [2.24, 2.45) is 0 Å². The number of carbonyl (C=O) groups excluding carboxylic acids is 2. The molecule has 0 radical (unpaired) electrons. The van der Waals surface area contributed by atoms with Crippen LogP contribution in [0.5, 0.6) is 0 Å². The van der Waals surface area contributed by atoms with Gasteiger partial charge in [-0.05, 0) is 46.5 Å². The van der Waals surface area contributed by atoms with Crippen LogP contribution in [0.25, 0.3) is 0 Å². The zero-order chi connectivity index (χ0) is 21.5. The van der Waals surface area contributed by atoms with Gasteiger partial charge in [-0.25, -0.2) is 0 Å². The Balaban J connectivity index is 1.82. The van der Waals surface area contributed by atoms with Crippen LogP contribution in [0.15, 0.2) is 71.4 Å². The molecule has 1 aromatic heterocycles. The van der Waals surface area contributed by atoms with E-state index in [0.29, 0.717) is 16.1 Å². The largest absolute Gasteiger partial charge is 0.475 e. The van der Waals surface area contributed by atoms with Crippen LogP contribution in [0.1, 0.15) is 33.8 Å². The average Bonchev–Trinajstić information content (AvgIpc) is 3.25. The Morgan fingerprint density at radius 3 is 2.47 bits per heavy atom. The minimum atomic E-state index is -1.74. The molecular formula is C22H21BClNO4S. The molecule has 8 heteroatoms. The molecule has 0 saturated heterocycles. The Bertz CT molecular complexity index is 982. The number of carbonyl (C=O) groups is 2. The second-order valence-electron chi connectivity index (χ2n) is 6.97. The predicted molar refractivity (Wildman–Crippen MR) is 120 cm³/mol. The normalized spacial score (nSPS) is 12.8. The highest BCUT2D eigenvalue weighted by Gasteiger charge is 2.31. The van der Waals surface area contributed by atoms with E-state index in [0.717, 1.165) is 5.56 Å². The van der Waals surface area contributed by atoms with E-state index in [9.17, 15) is 19.6 Å². The van der Waals surface area contributed by atoms with E-state index in [1.165, 1.54) is 11.3 Å². The van der Waals surface area contributed by atoms with Crippen molar-refractivity contribution < 1.29 is 19.6 Å². The minimum Gasteiger partial charge on any atom is -0.426 e. The number of amides is 1. The van der Waals surface area contributed by atoms with Crippen molar-refractivity contribution in [1.82, 2.24) is 5.32 Å². The van der Waals surface area contributed by atoms with Gasteiger partial charge in [0, 0.05) is 17.0 Å². The summed E-state index contributed by atoms with van der Waals surface area (Å²) in [5, 5.41) is 26.5. The van der Waals surface area contributed by atoms with E-state index in [1.807, 2.05) is 22.9 Å². The number of hydrogen-bond donors (Lipinski definition) is 3. The first-order valence-corrected chi connectivity index (χ1v) is 10.8. The van der Waals surface area contributed by atoms with Crippen LogP contribution in [-0.2, 0) is 11.2 Å². The van der Waals surface area contributed by atoms with Gasteiger partial charge < -0.3 is 15.4 Å². The third-order valence-corrected chi connectivity index (χ3v) is 5.74. The number of hydrogen-bond acceptors (Lipinski definition) is 5. The van der Waals surface area contributed by atoms with Crippen molar-refractivity contribution in [1.29, 1.82) is 0 Å². The first-order valence-electron chi connectivity index (χ1n) is 9.45. The Hall–Kier alpha value is -2.45. The molecule has 0 aliphatic rings. The number of benzene rings is 2. The number of rotatable bonds is 9. The summed E-state index contributed by atoms with van der Waals surface area (Å²) in [6.07, 6.45) is 0.199. The third kappa shape index (κ3) is 6.03. The monoisotopic (exact) mass is 441 g/mol. The van der Waals surface area contributed by atoms with Gasteiger partial charge in [-0.15, -0.1) is 0 Å². The van der Waals surface area contributed by atoms with Crippen molar-refractivity contribution in [3.05, 3.63) is 93.1 Å². The fourth-order valence-electron chi connectivity index (χ4n) is 3.19. The lowest BCUT2D eigenvalue weighted by Gasteiger charge is -2.22. The van der Waals surface area contributed by atoms with E-state index in [4.69, 9.17) is 11.6 Å². The number of Topliss-reactive ketones (excluding diaryl/α,β-unsaturated/α-hetero) is 1. The molecule has 0 aliphatic heterocycles. The maximum atomic E-state index is 13.1. The second kappa shape index (κ2) is 10.5. The molecule has 1 heterocycles. The Labute approximate surface area is 184 Å². The van der Waals surface area contributed by atoms with Crippen LogP contribution < -0.4 is 5.32 Å². The molecule has 1 unspecified atom stereocenters. The maximum Gasteiger partial charge on any atom is 0.475 e. The van der Waals surface area contributed by atoms with Gasteiger partial charge in [-0.2, -0.15) is 11.3 Å². The van der Waals surface area contributed by atoms with Gasteiger partial charge in [0.1, 0.15) is 0 Å². The maximum absolute atomic E-state index is 13.1. The average molecular weight is 442 g/mol. The quantitative estimate of drug-likeness (QED) is 0.350. The molecule has 0 aliphatic carbocycles. The molecule has 0 fully saturated rings. The van der Waals surface area contributed by atoms with Gasteiger partial charge >= 0.3 is 7.12 Å². The smallest absolute Gasteiger partial charge is 0.426 e. The zero-order valence-electron chi connectivity index (χ0n) is 16.1. The third-order valence-electron chi connectivity index (χ3n) is 4.78. The molecular weight excluding hydrogens is 421 g/mol. The Morgan fingerprint density at radius 2 is 1.83 bits per heavy atom. The molecule has 1 amide bonds. The summed E-state index contributed by atoms with van der Waals surface area (Å²) in [6.45, 7) is 0. The fraction of sp³-hybridized carbons (Fsp3) is 0.182. The van der Waals surface area contributed by atoms with E-state index < -0.39 is 24.9 Å². The molecule has 30 heavy (non-hydrogen) atoms. The SMILES string of the molecule is O=C(C[C@H](C(=O)NC(Cc1ccsc1)B(O)O)c1cccc(Cl)c1)c1ccccc1. The number of halogens is 1. The van der Waals surface area contributed by atoms with Crippen LogP contribution >= 0.6 is 22.9 Å². The zero-order valence-corrected chi connectivity index (χ0v) is 17.6.